The van der Waals surface area contributed by atoms with E-state index in [-0.39, 0.29) is 18.1 Å². The van der Waals surface area contributed by atoms with Gasteiger partial charge in [0.1, 0.15) is 17.5 Å². The molecule has 5 rings (SSSR count). The van der Waals surface area contributed by atoms with Gasteiger partial charge in [-0.1, -0.05) is 72.8 Å². The smallest absolute Gasteiger partial charge is 0.410 e. The summed E-state index contributed by atoms with van der Waals surface area (Å²) in [5, 5.41) is 2.30. The first kappa shape index (κ1) is 26.8. The van der Waals surface area contributed by atoms with Crippen molar-refractivity contribution in [3.05, 3.63) is 112 Å². The van der Waals surface area contributed by atoms with Crippen molar-refractivity contribution in [3.63, 3.8) is 0 Å². The second kappa shape index (κ2) is 10.8. The molecule has 1 amide bonds. The van der Waals surface area contributed by atoms with Gasteiger partial charge in [0.25, 0.3) is 0 Å². The molecule has 1 aliphatic heterocycles. The first-order chi connectivity index (χ1) is 18.6. The van der Waals surface area contributed by atoms with E-state index in [1.165, 1.54) is 27.8 Å². The molecule has 2 atom stereocenters. The topological polar surface area (TPSA) is 38.8 Å². The first-order valence-corrected chi connectivity index (χ1v) is 13.9. The maximum absolute atomic E-state index is 13.5. The number of nitrogens with zero attached hydrogens (tertiary/aromatic N) is 1. The van der Waals surface area contributed by atoms with Crippen molar-refractivity contribution in [2.75, 3.05) is 6.54 Å². The van der Waals surface area contributed by atoms with Crippen LogP contribution in [0.1, 0.15) is 66.5 Å². The Morgan fingerprint density at radius 1 is 0.923 bits per heavy atom. The van der Waals surface area contributed by atoms with E-state index in [1.807, 2.05) is 49.9 Å². The Bertz CT molecular complexity index is 1470. The number of rotatable bonds is 5. The Kier molecular flexibility index (Phi) is 7.40. The van der Waals surface area contributed by atoms with E-state index in [1.54, 1.807) is 0 Å². The molecule has 0 aromatic heterocycles. The van der Waals surface area contributed by atoms with Gasteiger partial charge in [-0.15, -0.1) is 0 Å². The zero-order valence-corrected chi connectivity index (χ0v) is 24.0. The van der Waals surface area contributed by atoms with E-state index >= 15 is 0 Å². The lowest BCUT2D eigenvalue weighted by Crippen LogP contribution is -2.43. The lowest BCUT2D eigenvalue weighted by atomic mass is 9.82. The van der Waals surface area contributed by atoms with Crippen LogP contribution >= 0.6 is 0 Å². The van der Waals surface area contributed by atoms with Crippen molar-refractivity contribution in [3.8, 4) is 5.75 Å². The Morgan fingerprint density at radius 3 is 2.33 bits per heavy atom. The molecule has 4 aromatic rings. The number of benzene rings is 4. The van der Waals surface area contributed by atoms with E-state index < -0.39 is 5.60 Å². The fraction of sp³-hybridized carbons (Fsp3) is 0.343. The van der Waals surface area contributed by atoms with Gasteiger partial charge in [-0.05, 0) is 92.6 Å². The number of hydrogen-bond acceptors (Lipinski definition) is 3. The maximum atomic E-state index is 13.5. The zero-order chi connectivity index (χ0) is 27.7. The fourth-order valence-corrected chi connectivity index (χ4v) is 5.60. The van der Waals surface area contributed by atoms with E-state index in [2.05, 4.69) is 75.4 Å². The minimum absolute atomic E-state index is 0.172. The highest BCUT2D eigenvalue weighted by molar-refractivity contribution is 5.86. The van der Waals surface area contributed by atoms with Crippen LogP contribution in [0.15, 0.2) is 78.9 Å². The molecule has 0 saturated heterocycles. The third-order valence-corrected chi connectivity index (χ3v) is 7.76. The number of para-hydroxylation sites is 1. The average molecular weight is 522 g/mol. The molecule has 0 bridgehead atoms. The molecule has 0 spiro atoms. The molecule has 4 aromatic carbocycles. The Hall–Kier alpha value is -3.79. The van der Waals surface area contributed by atoms with Crippen LogP contribution in [0.2, 0.25) is 0 Å². The Morgan fingerprint density at radius 2 is 1.59 bits per heavy atom. The highest BCUT2D eigenvalue weighted by Gasteiger charge is 2.33. The summed E-state index contributed by atoms with van der Waals surface area (Å²) < 4.78 is 12.4. The lowest BCUT2D eigenvalue weighted by Gasteiger charge is -2.36. The second-order valence-corrected chi connectivity index (χ2v) is 11.8. The number of ether oxygens (including phenoxy) is 2. The van der Waals surface area contributed by atoms with Gasteiger partial charge in [0, 0.05) is 18.0 Å². The molecule has 0 saturated carbocycles. The van der Waals surface area contributed by atoms with Crippen molar-refractivity contribution < 1.29 is 14.3 Å². The highest BCUT2D eigenvalue weighted by Crippen LogP contribution is 2.41. The number of fused-ring (bicyclic) bond motifs is 2. The van der Waals surface area contributed by atoms with Crippen LogP contribution < -0.4 is 4.74 Å². The van der Waals surface area contributed by atoms with E-state index in [0.29, 0.717) is 13.1 Å². The summed E-state index contributed by atoms with van der Waals surface area (Å²) in [6, 6.07) is 27.5. The van der Waals surface area contributed by atoms with Crippen LogP contribution in [-0.4, -0.2) is 29.2 Å². The molecule has 0 N–H and O–H groups in total. The molecule has 39 heavy (non-hydrogen) atoms. The average Bonchev–Trinajstić information content (AvgIpc) is 2.90. The molecule has 202 valence electrons. The van der Waals surface area contributed by atoms with Gasteiger partial charge in [0.15, 0.2) is 0 Å². The lowest BCUT2D eigenvalue weighted by molar-refractivity contribution is 0.0129. The maximum Gasteiger partial charge on any atom is 0.410 e. The minimum Gasteiger partial charge on any atom is -0.488 e. The molecular formula is C35H39NO3. The quantitative estimate of drug-likeness (QED) is 0.264. The van der Waals surface area contributed by atoms with Gasteiger partial charge in [-0.25, -0.2) is 4.79 Å². The normalized spacial score (nSPS) is 16.9. The minimum atomic E-state index is -0.590. The van der Waals surface area contributed by atoms with Crippen molar-refractivity contribution in [2.45, 2.75) is 72.1 Å². The van der Waals surface area contributed by atoms with Gasteiger partial charge in [-0.3, -0.25) is 0 Å². The number of amides is 1. The summed E-state index contributed by atoms with van der Waals surface area (Å²) >= 11 is 0. The third-order valence-electron chi connectivity index (χ3n) is 7.76. The Labute approximate surface area is 232 Å². The standard InChI is InChI=1S/C35H39NO3/c1-23-18-28(19-24(2)25(23)3)32-20-29(38-33-17-10-9-16-31(32)33)22-36(34(37)39-35(4,5)6)21-27-14-11-13-26-12-7-8-15-30(26)27/h7-19,29,32H,20-22H2,1-6H3. The van der Waals surface area contributed by atoms with Crippen LogP contribution in [0.4, 0.5) is 4.79 Å². The van der Waals surface area contributed by atoms with Crippen molar-refractivity contribution >= 4 is 16.9 Å². The van der Waals surface area contributed by atoms with Crippen LogP contribution in [-0.2, 0) is 11.3 Å². The summed E-state index contributed by atoms with van der Waals surface area (Å²) in [4.78, 5) is 15.4. The summed E-state index contributed by atoms with van der Waals surface area (Å²) in [5.41, 5.74) is 6.95. The van der Waals surface area contributed by atoms with Crippen LogP contribution in [0.5, 0.6) is 5.75 Å². The molecule has 1 aliphatic rings. The van der Waals surface area contributed by atoms with Crippen LogP contribution in [0.3, 0.4) is 0 Å². The largest absolute Gasteiger partial charge is 0.488 e. The summed E-state index contributed by atoms with van der Waals surface area (Å²) in [6.07, 6.45) is 0.291. The number of carbonyl (C=O) groups is 1. The van der Waals surface area contributed by atoms with Gasteiger partial charge < -0.3 is 14.4 Å². The van der Waals surface area contributed by atoms with E-state index in [9.17, 15) is 4.79 Å². The molecule has 4 nitrogen and oxygen atoms in total. The first-order valence-electron chi connectivity index (χ1n) is 13.9. The predicted octanol–water partition coefficient (Wildman–Crippen LogP) is 8.49. The van der Waals surface area contributed by atoms with Gasteiger partial charge in [0.2, 0.25) is 0 Å². The molecule has 1 heterocycles. The number of hydrogen-bond donors (Lipinski definition) is 0. The van der Waals surface area contributed by atoms with E-state index in [0.717, 1.165) is 28.5 Å². The molecule has 0 radical (unpaired) electrons. The summed E-state index contributed by atoms with van der Waals surface area (Å²) in [7, 11) is 0. The molecular weight excluding hydrogens is 482 g/mol. The molecule has 4 heteroatoms. The third kappa shape index (κ3) is 5.95. The number of aryl methyl sites for hydroxylation is 2. The second-order valence-electron chi connectivity index (χ2n) is 11.8. The molecule has 2 unspecified atom stereocenters. The molecule has 0 aliphatic carbocycles. The summed E-state index contributed by atoms with van der Waals surface area (Å²) in [5.74, 6) is 1.08. The SMILES string of the molecule is Cc1cc(C2CC(CN(Cc3cccc4ccccc34)C(=O)OC(C)(C)C)Oc3ccccc32)cc(C)c1C. The van der Waals surface area contributed by atoms with Crippen LogP contribution in [0.25, 0.3) is 10.8 Å². The predicted molar refractivity (Wildman–Crippen MR) is 159 cm³/mol. The fourth-order valence-electron chi connectivity index (χ4n) is 5.60. The van der Waals surface area contributed by atoms with Crippen molar-refractivity contribution in [2.24, 2.45) is 0 Å². The zero-order valence-electron chi connectivity index (χ0n) is 24.0. The van der Waals surface area contributed by atoms with Gasteiger partial charge in [-0.2, -0.15) is 0 Å². The van der Waals surface area contributed by atoms with Gasteiger partial charge in [0.05, 0.1) is 6.54 Å². The van der Waals surface area contributed by atoms with E-state index in [4.69, 9.17) is 9.47 Å². The summed E-state index contributed by atoms with van der Waals surface area (Å²) in [6.45, 7) is 13.2. The number of carbonyl (C=O) groups excluding carboxylic acids is 1. The molecule has 0 fully saturated rings. The monoisotopic (exact) mass is 521 g/mol. The van der Waals surface area contributed by atoms with Crippen molar-refractivity contribution in [1.82, 2.24) is 4.90 Å². The van der Waals surface area contributed by atoms with Crippen LogP contribution in [0, 0.1) is 20.8 Å². The Balaban J connectivity index is 1.48. The van der Waals surface area contributed by atoms with Gasteiger partial charge >= 0.3 is 6.09 Å². The van der Waals surface area contributed by atoms with Crippen molar-refractivity contribution in [1.29, 1.82) is 0 Å². The highest BCUT2D eigenvalue weighted by atomic mass is 16.6.